The van der Waals surface area contributed by atoms with Crippen molar-refractivity contribution in [3.63, 3.8) is 0 Å². The van der Waals surface area contributed by atoms with E-state index >= 15 is 0 Å². The van der Waals surface area contributed by atoms with Gasteiger partial charge in [-0.2, -0.15) is 13.2 Å². The summed E-state index contributed by atoms with van der Waals surface area (Å²) in [5, 5.41) is 0. The van der Waals surface area contributed by atoms with E-state index in [2.05, 4.69) is 0 Å². The van der Waals surface area contributed by atoms with Crippen molar-refractivity contribution >= 4 is 0 Å². The molecule has 1 aliphatic heterocycles. The predicted octanol–water partition coefficient (Wildman–Crippen LogP) is 4.03. The Morgan fingerprint density at radius 2 is 1.71 bits per heavy atom. The monoisotopic (exact) mass is 242 g/mol. The molecule has 1 aliphatic rings. The summed E-state index contributed by atoms with van der Waals surface area (Å²) in [5.41, 5.74) is 0.507. The molecular weight excluding hydrogens is 229 g/mol. The minimum Gasteiger partial charge on any atom is -0.359 e. The predicted molar refractivity (Wildman–Crippen MR) is 58.5 cm³/mol. The Kier molecular flexibility index (Phi) is 3.00. The lowest BCUT2D eigenvalue weighted by Gasteiger charge is -2.11. The van der Waals surface area contributed by atoms with Crippen LogP contribution in [0.15, 0.2) is 41.5 Å². The number of halogens is 3. The van der Waals surface area contributed by atoms with E-state index in [0.717, 1.165) is 5.56 Å². The summed E-state index contributed by atoms with van der Waals surface area (Å²) in [6.45, 7) is 2.93. The summed E-state index contributed by atoms with van der Waals surface area (Å²) in [7, 11) is 0. The molecule has 1 aromatic rings. The molecule has 4 heteroatoms. The van der Waals surface area contributed by atoms with E-state index < -0.39 is 24.0 Å². The second-order valence-electron chi connectivity index (χ2n) is 4.30. The number of hydrogen-bond donors (Lipinski definition) is 0. The van der Waals surface area contributed by atoms with E-state index in [9.17, 15) is 13.2 Å². The molecule has 1 aromatic carbocycles. The summed E-state index contributed by atoms with van der Waals surface area (Å²) < 4.78 is 43.6. The van der Waals surface area contributed by atoms with Gasteiger partial charge in [0.25, 0.3) is 0 Å². The minimum atomic E-state index is -4.31. The maximum absolute atomic E-state index is 12.8. The van der Waals surface area contributed by atoms with Crippen molar-refractivity contribution in [1.82, 2.24) is 0 Å². The summed E-state index contributed by atoms with van der Waals surface area (Å²) in [6, 6.07) is 8.98. The van der Waals surface area contributed by atoms with Crippen molar-refractivity contribution in [3.8, 4) is 0 Å². The van der Waals surface area contributed by atoms with Crippen LogP contribution in [0.3, 0.4) is 0 Å². The van der Waals surface area contributed by atoms with Gasteiger partial charge in [-0.3, -0.25) is 0 Å². The lowest BCUT2D eigenvalue weighted by atomic mass is 10.0. The minimum absolute atomic E-state index is 0.265. The third-order valence-corrected chi connectivity index (χ3v) is 2.75. The molecule has 0 spiro atoms. The van der Waals surface area contributed by atoms with Gasteiger partial charge in [-0.1, -0.05) is 35.9 Å². The number of alkyl halides is 3. The molecule has 2 rings (SSSR count). The van der Waals surface area contributed by atoms with Crippen LogP contribution in [-0.2, 0) is 4.74 Å². The zero-order valence-electron chi connectivity index (χ0n) is 9.58. The normalized spacial score (nSPS) is 23.4. The summed E-state index contributed by atoms with van der Waals surface area (Å²) in [6.07, 6.45) is -5.61. The fourth-order valence-electron chi connectivity index (χ4n) is 1.96. The van der Waals surface area contributed by atoms with Gasteiger partial charge in [-0.25, -0.2) is 0 Å². The van der Waals surface area contributed by atoms with Crippen LogP contribution in [0.5, 0.6) is 0 Å². The van der Waals surface area contributed by atoms with E-state index in [1.165, 1.54) is 13.8 Å². The lowest BCUT2D eigenvalue weighted by molar-refractivity contribution is -0.0963. The molecule has 1 fully saturated rings. The zero-order valence-corrected chi connectivity index (χ0v) is 9.58. The highest BCUT2D eigenvalue weighted by Crippen LogP contribution is 2.48. The van der Waals surface area contributed by atoms with Crippen LogP contribution < -0.4 is 0 Å². The third kappa shape index (κ3) is 2.52. The van der Waals surface area contributed by atoms with Gasteiger partial charge in [-0.15, -0.1) is 0 Å². The molecule has 0 bridgehead atoms. The highest BCUT2D eigenvalue weighted by atomic mass is 19.4. The number of allylic oxidation sites excluding steroid dienone is 1. The quantitative estimate of drug-likeness (QED) is 0.563. The fraction of sp³-hybridized carbons (Fsp3) is 0.385. The smallest absolute Gasteiger partial charge is 0.359 e. The molecule has 1 heterocycles. The highest BCUT2D eigenvalue weighted by Gasteiger charge is 2.52. The van der Waals surface area contributed by atoms with Crippen molar-refractivity contribution in [3.05, 3.63) is 47.0 Å². The lowest BCUT2D eigenvalue weighted by Crippen LogP contribution is -2.18. The first-order chi connectivity index (χ1) is 7.91. The second-order valence-corrected chi connectivity index (χ2v) is 4.30. The van der Waals surface area contributed by atoms with Gasteiger partial charge in [0, 0.05) is 0 Å². The van der Waals surface area contributed by atoms with E-state index in [0.29, 0.717) is 0 Å². The van der Waals surface area contributed by atoms with Gasteiger partial charge in [0.15, 0.2) is 0 Å². The highest BCUT2D eigenvalue weighted by molar-refractivity contribution is 5.33. The SMILES string of the molecule is CC(C)=C([C@H]1O[C@@H]1c1ccccc1)C(F)(F)F. The molecule has 0 amide bonds. The Morgan fingerprint density at radius 3 is 2.18 bits per heavy atom. The van der Waals surface area contributed by atoms with Crippen molar-refractivity contribution in [2.24, 2.45) is 0 Å². The number of epoxide rings is 1. The van der Waals surface area contributed by atoms with E-state index in [1.54, 1.807) is 24.3 Å². The summed E-state index contributed by atoms with van der Waals surface area (Å²) >= 11 is 0. The van der Waals surface area contributed by atoms with Gasteiger partial charge >= 0.3 is 6.18 Å². The van der Waals surface area contributed by atoms with Crippen molar-refractivity contribution in [2.45, 2.75) is 32.2 Å². The van der Waals surface area contributed by atoms with Crippen LogP contribution in [0, 0.1) is 0 Å². The number of rotatable bonds is 2. The van der Waals surface area contributed by atoms with Crippen LogP contribution in [0.4, 0.5) is 13.2 Å². The molecule has 0 aliphatic carbocycles. The van der Waals surface area contributed by atoms with Crippen LogP contribution >= 0.6 is 0 Å². The molecule has 0 saturated carbocycles. The maximum atomic E-state index is 12.8. The zero-order chi connectivity index (χ0) is 12.6. The molecule has 0 aromatic heterocycles. The first-order valence-corrected chi connectivity index (χ1v) is 5.36. The standard InChI is InChI=1S/C13H13F3O/c1-8(2)10(13(14,15)16)12-11(17-12)9-6-4-3-5-7-9/h3-7,11-12H,1-2H3/t11-,12-/m1/s1. The largest absolute Gasteiger partial charge is 0.415 e. The van der Waals surface area contributed by atoms with Crippen LogP contribution in [-0.4, -0.2) is 12.3 Å². The van der Waals surface area contributed by atoms with Crippen LogP contribution in [0.1, 0.15) is 25.5 Å². The Bertz CT molecular complexity index is 430. The van der Waals surface area contributed by atoms with Gasteiger partial charge in [0.1, 0.15) is 12.2 Å². The molecular formula is C13H13F3O. The molecule has 2 atom stereocenters. The Labute approximate surface area is 97.9 Å². The Morgan fingerprint density at radius 1 is 1.12 bits per heavy atom. The molecule has 0 N–H and O–H groups in total. The maximum Gasteiger partial charge on any atom is 0.415 e. The van der Waals surface area contributed by atoms with Gasteiger partial charge in [-0.05, 0) is 19.4 Å². The van der Waals surface area contributed by atoms with Crippen molar-refractivity contribution in [2.75, 3.05) is 0 Å². The molecule has 1 saturated heterocycles. The summed E-state index contributed by atoms with van der Waals surface area (Å²) in [5.74, 6) is 0. The molecule has 0 radical (unpaired) electrons. The summed E-state index contributed by atoms with van der Waals surface area (Å²) in [4.78, 5) is 0. The van der Waals surface area contributed by atoms with Gasteiger partial charge in [0.2, 0.25) is 0 Å². The Hall–Kier alpha value is -1.29. The topological polar surface area (TPSA) is 12.5 Å². The second kappa shape index (κ2) is 4.18. The average molecular weight is 242 g/mol. The molecule has 92 valence electrons. The van der Waals surface area contributed by atoms with E-state index in [4.69, 9.17) is 4.74 Å². The number of ether oxygens (including phenoxy) is 1. The van der Waals surface area contributed by atoms with Crippen molar-refractivity contribution < 1.29 is 17.9 Å². The van der Waals surface area contributed by atoms with Gasteiger partial charge < -0.3 is 4.74 Å². The van der Waals surface area contributed by atoms with E-state index in [-0.39, 0.29) is 5.57 Å². The molecule has 17 heavy (non-hydrogen) atoms. The molecule has 0 unspecified atom stereocenters. The number of benzene rings is 1. The third-order valence-electron chi connectivity index (χ3n) is 2.75. The first kappa shape index (κ1) is 12.2. The molecule has 1 nitrogen and oxygen atoms in total. The fourth-order valence-corrected chi connectivity index (χ4v) is 1.96. The first-order valence-electron chi connectivity index (χ1n) is 5.36. The van der Waals surface area contributed by atoms with Crippen LogP contribution in [0.25, 0.3) is 0 Å². The van der Waals surface area contributed by atoms with E-state index in [1.807, 2.05) is 6.07 Å². The Balaban J connectivity index is 2.21. The van der Waals surface area contributed by atoms with Crippen LogP contribution in [0.2, 0.25) is 0 Å². The van der Waals surface area contributed by atoms with Gasteiger partial charge in [0.05, 0.1) is 5.57 Å². The number of hydrogen-bond acceptors (Lipinski definition) is 1. The average Bonchev–Trinajstić information content (AvgIpc) is 2.96. The van der Waals surface area contributed by atoms with Crippen molar-refractivity contribution in [1.29, 1.82) is 0 Å².